The van der Waals surface area contributed by atoms with Gasteiger partial charge >= 0.3 is 0 Å². The van der Waals surface area contributed by atoms with Crippen LogP contribution < -0.4 is 10.5 Å². The van der Waals surface area contributed by atoms with Gasteiger partial charge in [0.1, 0.15) is 28.9 Å². The van der Waals surface area contributed by atoms with Gasteiger partial charge in [0.15, 0.2) is 0 Å². The molecule has 0 spiro atoms. The van der Waals surface area contributed by atoms with Crippen LogP contribution in [0.3, 0.4) is 0 Å². The van der Waals surface area contributed by atoms with Crippen LogP contribution in [0.5, 0.6) is 0 Å². The first-order chi connectivity index (χ1) is 14.8. The summed E-state index contributed by atoms with van der Waals surface area (Å²) < 4.78 is 28.9. The highest BCUT2D eigenvalue weighted by Gasteiger charge is 2.31. The predicted molar refractivity (Wildman–Crippen MR) is 115 cm³/mol. The maximum atomic E-state index is 14.2. The summed E-state index contributed by atoms with van der Waals surface area (Å²) in [7, 11) is 1.68. The number of hydrogen-bond acceptors (Lipinski definition) is 5. The van der Waals surface area contributed by atoms with Crippen molar-refractivity contribution in [2.75, 3.05) is 18.0 Å². The van der Waals surface area contributed by atoms with Crippen LogP contribution >= 0.6 is 0 Å². The maximum Gasteiger partial charge on any atom is 0.252 e. The average Bonchev–Trinajstić information content (AvgIpc) is 2.74. The lowest BCUT2D eigenvalue weighted by atomic mass is 10.0. The number of halogens is 2. The van der Waals surface area contributed by atoms with E-state index in [0.29, 0.717) is 47.6 Å². The van der Waals surface area contributed by atoms with E-state index in [4.69, 9.17) is 0 Å². The van der Waals surface area contributed by atoms with E-state index in [9.17, 15) is 18.8 Å². The number of benzene rings is 1. The fourth-order valence-electron chi connectivity index (χ4n) is 4.22. The van der Waals surface area contributed by atoms with Crippen LogP contribution in [0.25, 0.3) is 11.0 Å². The van der Waals surface area contributed by atoms with Crippen LogP contribution in [0, 0.1) is 23.0 Å². The third kappa shape index (κ3) is 3.89. The number of anilines is 1. The third-order valence-electron chi connectivity index (χ3n) is 6.00. The van der Waals surface area contributed by atoms with E-state index >= 15 is 0 Å². The molecule has 6 nitrogen and oxygen atoms in total. The highest BCUT2D eigenvalue weighted by atomic mass is 19.1. The number of fused-ring (bicyclic) bond motifs is 1. The molecule has 8 heteroatoms. The fourth-order valence-corrected chi connectivity index (χ4v) is 4.22. The van der Waals surface area contributed by atoms with Crippen molar-refractivity contribution in [1.82, 2.24) is 14.5 Å². The molecular formula is C23H23F2N5O. The lowest BCUT2D eigenvalue weighted by Crippen LogP contribution is -2.56. The van der Waals surface area contributed by atoms with Crippen LogP contribution in [-0.4, -0.2) is 39.6 Å². The molecule has 0 amide bonds. The molecule has 4 rings (SSSR count). The van der Waals surface area contributed by atoms with Crippen molar-refractivity contribution in [2.24, 2.45) is 7.05 Å². The van der Waals surface area contributed by atoms with Gasteiger partial charge in [-0.25, -0.2) is 13.8 Å². The van der Waals surface area contributed by atoms with Crippen LogP contribution in [0.2, 0.25) is 0 Å². The van der Waals surface area contributed by atoms with Crippen molar-refractivity contribution in [2.45, 2.75) is 32.5 Å². The Morgan fingerprint density at radius 1 is 1.13 bits per heavy atom. The molecular weight excluding hydrogens is 400 g/mol. The zero-order valence-electron chi connectivity index (χ0n) is 17.6. The first-order valence-electron chi connectivity index (χ1n) is 10.1. The monoisotopic (exact) mass is 423 g/mol. The first-order valence-corrected chi connectivity index (χ1v) is 10.1. The summed E-state index contributed by atoms with van der Waals surface area (Å²) in [5.74, 6) is -1.14. The highest BCUT2D eigenvalue weighted by molar-refractivity contribution is 5.89. The molecule has 1 saturated heterocycles. The van der Waals surface area contributed by atoms with Gasteiger partial charge in [-0.05, 0) is 32.0 Å². The summed E-state index contributed by atoms with van der Waals surface area (Å²) in [6.45, 7) is 5.69. The van der Waals surface area contributed by atoms with E-state index in [1.54, 1.807) is 25.2 Å². The molecule has 1 aliphatic rings. The van der Waals surface area contributed by atoms with E-state index < -0.39 is 11.6 Å². The van der Waals surface area contributed by atoms with Gasteiger partial charge in [0, 0.05) is 56.5 Å². The minimum absolute atomic E-state index is 0.0163. The van der Waals surface area contributed by atoms with Crippen molar-refractivity contribution in [3.8, 4) is 6.07 Å². The van der Waals surface area contributed by atoms with Crippen LogP contribution in [-0.2, 0) is 13.6 Å². The maximum absolute atomic E-state index is 14.2. The summed E-state index contributed by atoms with van der Waals surface area (Å²) in [6.07, 6.45) is 0. The Bertz CT molecular complexity index is 1250. The molecule has 0 N–H and O–H groups in total. The van der Waals surface area contributed by atoms with Gasteiger partial charge in [0.05, 0.1) is 11.2 Å². The molecule has 31 heavy (non-hydrogen) atoms. The van der Waals surface area contributed by atoms with Crippen molar-refractivity contribution in [1.29, 1.82) is 5.26 Å². The lowest BCUT2D eigenvalue weighted by molar-refractivity contribution is 0.156. The first kappa shape index (κ1) is 20.9. The van der Waals surface area contributed by atoms with Crippen LogP contribution in [0.1, 0.15) is 25.1 Å². The number of rotatable bonds is 3. The minimum atomic E-state index is -0.589. The molecule has 2 aromatic heterocycles. The average molecular weight is 423 g/mol. The SMILES string of the molecule is CC1CN(c2cc(=O)n(C)c3ccc(C#N)nc23)[C@@H](C)CN1Cc1ccc(F)cc1F. The van der Waals surface area contributed by atoms with E-state index in [2.05, 4.69) is 20.9 Å². The summed E-state index contributed by atoms with van der Waals surface area (Å²) >= 11 is 0. The second-order valence-corrected chi connectivity index (χ2v) is 8.12. The molecule has 1 aromatic carbocycles. The number of pyridine rings is 2. The molecule has 160 valence electrons. The Kier molecular flexibility index (Phi) is 5.46. The molecule has 0 radical (unpaired) electrons. The minimum Gasteiger partial charge on any atom is -0.364 e. The number of nitrogens with zero attached hydrogens (tertiary/aromatic N) is 5. The standard InChI is InChI=1S/C23H23F2N5O/c1-14-12-30(15(2)11-29(14)13-16-4-5-17(24)8-19(16)25)21-9-22(31)28(3)20-7-6-18(10-26)27-23(20)21/h4-9,14-15H,11-13H2,1-3H3/t14?,15-/m0/s1. The predicted octanol–water partition coefficient (Wildman–Crippen LogP) is 3.18. The Labute approximate surface area is 179 Å². The summed E-state index contributed by atoms with van der Waals surface area (Å²) in [4.78, 5) is 21.3. The third-order valence-corrected chi connectivity index (χ3v) is 6.00. The number of aromatic nitrogens is 2. The second kappa shape index (κ2) is 8.08. The zero-order chi connectivity index (χ0) is 22.3. The van der Waals surface area contributed by atoms with Crippen molar-refractivity contribution in [3.05, 3.63) is 69.6 Å². The molecule has 0 saturated carbocycles. The van der Waals surface area contributed by atoms with Crippen LogP contribution in [0.15, 0.2) is 41.2 Å². The normalized spacial score (nSPS) is 19.5. The highest BCUT2D eigenvalue weighted by Crippen LogP contribution is 2.29. The molecule has 3 aromatic rings. The summed E-state index contributed by atoms with van der Waals surface area (Å²) in [6, 6.07) is 10.7. The Balaban J connectivity index is 1.67. The van der Waals surface area contributed by atoms with Gasteiger partial charge in [0.25, 0.3) is 5.56 Å². The van der Waals surface area contributed by atoms with E-state index in [0.717, 1.165) is 6.07 Å². The van der Waals surface area contributed by atoms with Gasteiger partial charge in [-0.3, -0.25) is 9.69 Å². The molecule has 1 aliphatic heterocycles. The zero-order valence-corrected chi connectivity index (χ0v) is 17.6. The van der Waals surface area contributed by atoms with Gasteiger partial charge in [0.2, 0.25) is 0 Å². The summed E-state index contributed by atoms with van der Waals surface area (Å²) in [5, 5.41) is 9.28. The largest absolute Gasteiger partial charge is 0.364 e. The van der Waals surface area contributed by atoms with Crippen LogP contribution in [0.4, 0.5) is 14.5 Å². The Morgan fingerprint density at radius 2 is 1.90 bits per heavy atom. The van der Waals surface area contributed by atoms with Gasteiger partial charge in [-0.1, -0.05) is 6.07 Å². The quantitative estimate of drug-likeness (QED) is 0.648. The Morgan fingerprint density at radius 3 is 2.61 bits per heavy atom. The van der Waals surface area contributed by atoms with Crippen molar-refractivity contribution in [3.63, 3.8) is 0 Å². The smallest absolute Gasteiger partial charge is 0.252 e. The molecule has 1 unspecified atom stereocenters. The Hall–Kier alpha value is -3.31. The molecule has 1 fully saturated rings. The number of nitriles is 1. The molecule has 0 aliphatic carbocycles. The van der Waals surface area contributed by atoms with E-state index in [-0.39, 0.29) is 17.6 Å². The lowest BCUT2D eigenvalue weighted by Gasteiger charge is -2.45. The molecule has 3 heterocycles. The van der Waals surface area contributed by atoms with E-state index in [1.165, 1.54) is 16.7 Å². The molecule has 2 atom stereocenters. The van der Waals surface area contributed by atoms with Crippen molar-refractivity contribution < 1.29 is 8.78 Å². The summed E-state index contributed by atoms with van der Waals surface area (Å²) in [5.41, 5.74) is 2.56. The van der Waals surface area contributed by atoms with Crippen molar-refractivity contribution >= 4 is 16.7 Å². The van der Waals surface area contributed by atoms with Gasteiger partial charge < -0.3 is 9.47 Å². The van der Waals surface area contributed by atoms with Gasteiger partial charge in [-0.2, -0.15) is 5.26 Å². The van der Waals surface area contributed by atoms with E-state index in [1.807, 2.05) is 13.8 Å². The molecule has 0 bridgehead atoms. The number of piperazine rings is 1. The fraction of sp³-hybridized carbons (Fsp3) is 0.348. The topological polar surface area (TPSA) is 65.2 Å². The van der Waals surface area contributed by atoms with Gasteiger partial charge in [-0.15, -0.1) is 0 Å². The second-order valence-electron chi connectivity index (χ2n) is 8.12. The number of aryl methyl sites for hydroxylation is 1. The number of hydrogen-bond donors (Lipinski definition) is 0.